The Morgan fingerprint density at radius 1 is 1.21 bits per heavy atom. The molecular weight excluding hydrogens is 262 g/mol. The highest BCUT2D eigenvalue weighted by Crippen LogP contribution is 2.36. The van der Waals surface area contributed by atoms with Crippen molar-refractivity contribution in [2.24, 2.45) is 0 Å². The molecule has 0 aliphatic heterocycles. The molecule has 2 N–H and O–H groups in total. The summed E-state index contributed by atoms with van der Waals surface area (Å²) in [6.07, 6.45) is 1.39. The third-order valence-electron chi connectivity index (χ3n) is 3.54. The molecule has 0 aromatic heterocycles. The van der Waals surface area contributed by atoms with Gasteiger partial charge in [0.05, 0.1) is 17.0 Å². The van der Waals surface area contributed by atoms with Crippen LogP contribution in [0.3, 0.4) is 0 Å². The first-order chi connectivity index (χ1) is 8.69. The van der Waals surface area contributed by atoms with Crippen LogP contribution < -0.4 is 4.72 Å². The van der Waals surface area contributed by atoms with E-state index in [4.69, 9.17) is 0 Å². The highest BCUT2D eigenvalue weighted by molar-refractivity contribution is 7.89. The van der Waals surface area contributed by atoms with Crippen molar-refractivity contribution in [1.29, 1.82) is 0 Å². The molecule has 0 atom stereocenters. The van der Waals surface area contributed by atoms with Gasteiger partial charge in [-0.15, -0.1) is 0 Å². The lowest BCUT2D eigenvalue weighted by atomic mass is 9.87. The van der Waals surface area contributed by atoms with Crippen LogP contribution in [0.1, 0.15) is 39.2 Å². The summed E-state index contributed by atoms with van der Waals surface area (Å²) in [5, 5.41) is 9.19. The fraction of sp³-hybridized carbons (Fsp3) is 0.571. The maximum absolute atomic E-state index is 12.2. The molecule has 1 aliphatic rings. The second kappa shape index (κ2) is 4.58. The van der Waals surface area contributed by atoms with Crippen molar-refractivity contribution in [2.45, 2.75) is 49.5 Å². The van der Waals surface area contributed by atoms with Crippen molar-refractivity contribution >= 4 is 10.0 Å². The Labute approximate surface area is 114 Å². The number of hydrogen-bond donors (Lipinski definition) is 2. The van der Waals surface area contributed by atoms with Crippen LogP contribution in [0.2, 0.25) is 0 Å². The summed E-state index contributed by atoms with van der Waals surface area (Å²) in [4.78, 5) is 0.250. The van der Waals surface area contributed by atoms with Gasteiger partial charge >= 0.3 is 0 Å². The second-order valence-electron chi connectivity index (χ2n) is 6.32. The molecule has 4 nitrogen and oxygen atoms in total. The van der Waals surface area contributed by atoms with Crippen LogP contribution in [0.25, 0.3) is 0 Å². The molecule has 0 bridgehead atoms. The third-order valence-corrected chi connectivity index (χ3v) is 5.13. The van der Waals surface area contributed by atoms with Gasteiger partial charge in [-0.25, -0.2) is 13.1 Å². The minimum atomic E-state index is -3.54. The average Bonchev–Trinajstić information content (AvgIpc) is 3.08. The summed E-state index contributed by atoms with van der Waals surface area (Å²) in [6, 6.07) is 6.92. The Morgan fingerprint density at radius 3 is 2.11 bits per heavy atom. The number of nitrogens with one attached hydrogen (secondary N) is 1. The Balaban J connectivity index is 2.22. The molecule has 1 aliphatic carbocycles. The Morgan fingerprint density at radius 2 is 1.74 bits per heavy atom. The molecular formula is C14H21NO3S. The molecule has 0 unspecified atom stereocenters. The summed E-state index contributed by atoms with van der Waals surface area (Å²) < 4.78 is 27.0. The highest BCUT2D eigenvalue weighted by atomic mass is 32.2. The number of sulfonamides is 1. The average molecular weight is 283 g/mol. The standard InChI is InChI=1S/C14H21NO3S/c1-13(2,3)11-4-6-12(7-5-11)19(17,18)15-14(10-16)8-9-14/h4-7,15-16H,8-10H2,1-3H3. The van der Waals surface area contributed by atoms with Crippen LogP contribution in [0.4, 0.5) is 0 Å². The van der Waals surface area contributed by atoms with E-state index in [1.807, 2.05) is 12.1 Å². The summed E-state index contributed by atoms with van der Waals surface area (Å²) in [5.74, 6) is 0. The molecule has 106 valence electrons. The summed E-state index contributed by atoms with van der Waals surface area (Å²) >= 11 is 0. The van der Waals surface area contributed by atoms with Crippen molar-refractivity contribution in [3.05, 3.63) is 29.8 Å². The number of benzene rings is 1. The Kier molecular flexibility index (Phi) is 3.49. The lowest BCUT2D eigenvalue weighted by Crippen LogP contribution is -2.39. The maximum Gasteiger partial charge on any atom is 0.241 e. The molecule has 1 aromatic rings. The first-order valence-corrected chi connectivity index (χ1v) is 7.92. The van der Waals surface area contributed by atoms with Crippen LogP contribution in [0, 0.1) is 0 Å². The number of rotatable bonds is 4. The molecule has 0 radical (unpaired) electrons. The number of aliphatic hydroxyl groups is 1. The monoisotopic (exact) mass is 283 g/mol. The largest absolute Gasteiger partial charge is 0.394 e. The van der Waals surface area contributed by atoms with Crippen LogP contribution >= 0.6 is 0 Å². The highest BCUT2D eigenvalue weighted by Gasteiger charge is 2.45. The Bertz CT molecular complexity index is 551. The maximum atomic E-state index is 12.2. The molecule has 1 aromatic carbocycles. The number of hydrogen-bond acceptors (Lipinski definition) is 3. The second-order valence-corrected chi connectivity index (χ2v) is 8.00. The van der Waals surface area contributed by atoms with Crippen LogP contribution in [-0.4, -0.2) is 25.7 Å². The summed E-state index contributed by atoms with van der Waals surface area (Å²) in [6.45, 7) is 6.10. The first-order valence-electron chi connectivity index (χ1n) is 6.44. The van der Waals surface area contributed by atoms with Crippen molar-refractivity contribution in [3.8, 4) is 0 Å². The lowest BCUT2D eigenvalue weighted by Gasteiger charge is -2.20. The molecule has 0 spiro atoms. The van der Waals surface area contributed by atoms with Crippen LogP contribution in [0.15, 0.2) is 29.2 Å². The van der Waals surface area contributed by atoms with Gasteiger partial charge in [0, 0.05) is 0 Å². The van der Waals surface area contributed by atoms with Gasteiger partial charge in [0.1, 0.15) is 0 Å². The molecule has 5 heteroatoms. The zero-order chi connectivity index (χ0) is 14.3. The topological polar surface area (TPSA) is 66.4 Å². The van der Waals surface area contributed by atoms with Crippen molar-refractivity contribution < 1.29 is 13.5 Å². The van der Waals surface area contributed by atoms with E-state index in [0.717, 1.165) is 5.56 Å². The van der Waals surface area contributed by atoms with E-state index in [1.165, 1.54) is 0 Å². The smallest absolute Gasteiger partial charge is 0.241 e. The first kappa shape index (κ1) is 14.5. The SMILES string of the molecule is CC(C)(C)c1ccc(S(=O)(=O)NC2(CO)CC2)cc1. The molecule has 1 fully saturated rings. The zero-order valence-corrected chi connectivity index (χ0v) is 12.4. The van der Waals surface area contributed by atoms with Crippen LogP contribution in [-0.2, 0) is 15.4 Å². The van der Waals surface area contributed by atoms with E-state index in [9.17, 15) is 13.5 Å². The molecule has 0 heterocycles. The van der Waals surface area contributed by atoms with E-state index < -0.39 is 15.6 Å². The van der Waals surface area contributed by atoms with E-state index in [-0.39, 0.29) is 16.9 Å². The van der Waals surface area contributed by atoms with Gasteiger partial charge in [0.25, 0.3) is 0 Å². The van der Waals surface area contributed by atoms with E-state index in [2.05, 4.69) is 25.5 Å². The molecule has 0 amide bonds. The quantitative estimate of drug-likeness (QED) is 0.885. The zero-order valence-electron chi connectivity index (χ0n) is 11.6. The molecule has 2 rings (SSSR count). The predicted octanol–water partition coefficient (Wildman–Crippen LogP) is 1.79. The molecule has 1 saturated carbocycles. The van der Waals surface area contributed by atoms with Crippen molar-refractivity contribution in [1.82, 2.24) is 4.72 Å². The van der Waals surface area contributed by atoms with E-state index >= 15 is 0 Å². The number of aliphatic hydroxyl groups excluding tert-OH is 1. The van der Waals surface area contributed by atoms with Crippen LogP contribution in [0.5, 0.6) is 0 Å². The lowest BCUT2D eigenvalue weighted by molar-refractivity contribution is 0.246. The third kappa shape index (κ3) is 3.16. The summed E-state index contributed by atoms with van der Waals surface area (Å²) in [7, 11) is -3.54. The van der Waals surface area contributed by atoms with Gasteiger partial charge in [-0.2, -0.15) is 0 Å². The fourth-order valence-corrected chi connectivity index (χ4v) is 3.37. The van der Waals surface area contributed by atoms with Gasteiger partial charge < -0.3 is 5.11 Å². The van der Waals surface area contributed by atoms with Gasteiger partial charge in [-0.1, -0.05) is 32.9 Å². The predicted molar refractivity (Wildman–Crippen MR) is 74.5 cm³/mol. The van der Waals surface area contributed by atoms with Gasteiger partial charge in [-0.05, 0) is 36.0 Å². The Hall–Kier alpha value is -0.910. The summed E-state index contributed by atoms with van der Waals surface area (Å²) in [5.41, 5.74) is 0.467. The molecule has 0 saturated heterocycles. The van der Waals surface area contributed by atoms with Gasteiger partial charge in [0.15, 0.2) is 0 Å². The van der Waals surface area contributed by atoms with E-state index in [1.54, 1.807) is 12.1 Å². The molecule has 19 heavy (non-hydrogen) atoms. The normalized spacial score (nSPS) is 18.3. The minimum Gasteiger partial charge on any atom is -0.394 e. The van der Waals surface area contributed by atoms with Gasteiger partial charge in [-0.3, -0.25) is 0 Å². The minimum absolute atomic E-state index is 0.00145. The van der Waals surface area contributed by atoms with Crippen molar-refractivity contribution in [3.63, 3.8) is 0 Å². The van der Waals surface area contributed by atoms with Crippen molar-refractivity contribution in [2.75, 3.05) is 6.61 Å². The van der Waals surface area contributed by atoms with E-state index in [0.29, 0.717) is 12.8 Å². The van der Waals surface area contributed by atoms with Gasteiger partial charge in [0.2, 0.25) is 10.0 Å². The fourth-order valence-electron chi connectivity index (χ4n) is 1.92.